The van der Waals surface area contributed by atoms with Crippen LogP contribution < -0.4 is 0 Å². The van der Waals surface area contributed by atoms with Crippen LogP contribution in [0.5, 0.6) is 5.75 Å². The second-order valence-electron chi connectivity index (χ2n) is 3.82. The summed E-state index contributed by atoms with van der Waals surface area (Å²) in [7, 11) is 0. The molecular formula is C11H7N5O. The summed E-state index contributed by atoms with van der Waals surface area (Å²) < 4.78 is 1.87. The van der Waals surface area contributed by atoms with Crippen molar-refractivity contribution in [2.45, 2.75) is 0 Å². The molecule has 6 heteroatoms. The molecule has 0 spiro atoms. The Morgan fingerprint density at radius 3 is 3.12 bits per heavy atom. The van der Waals surface area contributed by atoms with E-state index in [9.17, 15) is 5.11 Å². The third-order valence-corrected chi connectivity index (χ3v) is 2.81. The van der Waals surface area contributed by atoms with Gasteiger partial charge in [0.05, 0.1) is 17.4 Å². The van der Waals surface area contributed by atoms with Gasteiger partial charge in [-0.1, -0.05) is 0 Å². The van der Waals surface area contributed by atoms with Crippen molar-refractivity contribution < 1.29 is 5.11 Å². The quantitative estimate of drug-likeness (QED) is 0.475. The van der Waals surface area contributed by atoms with E-state index in [4.69, 9.17) is 0 Å². The van der Waals surface area contributed by atoms with Crippen LogP contribution in [0.4, 0.5) is 0 Å². The molecule has 17 heavy (non-hydrogen) atoms. The fraction of sp³-hybridized carbons (Fsp3) is 0. The summed E-state index contributed by atoms with van der Waals surface area (Å²) >= 11 is 0. The van der Waals surface area contributed by atoms with Gasteiger partial charge in [0.15, 0.2) is 11.3 Å². The Bertz CT molecular complexity index is 860. The number of benzene rings is 1. The second-order valence-corrected chi connectivity index (χ2v) is 3.82. The van der Waals surface area contributed by atoms with E-state index in [0.29, 0.717) is 5.65 Å². The summed E-state index contributed by atoms with van der Waals surface area (Å²) in [6.45, 7) is 0. The standard InChI is InChI=1S/C11H7N5O/c17-6-1-2-8-7(3-6)15-11-9-10(13-4-12-9)14-5-16(8)11/h1-5,17H,(H,12,13). The zero-order valence-electron chi connectivity index (χ0n) is 8.62. The van der Waals surface area contributed by atoms with Crippen molar-refractivity contribution in [3.63, 3.8) is 0 Å². The van der Waals surface area contributed by atoms with E-state index in [2.05, 4.69) is 19.9 Å². The number of phenolic OH excluding ortho intramolecular Hbond substituents is 1. The molecule has 6 nitrogen and oxygen atoms in total. The molecule has 4 aromatic rings. The summed E-state index contributed by atoms with van der Waals surface area (Å²) in [5, 5.41) is 9.44. The fourth-order valence-electron chi connectivity index (χ4n) is 2.04. The van der Waals surface area contributed by atoms with Gasteiger partial charge in [0.1, 0.15) is 17.6 Å². The summed E-state index contributed by atoms with van der Waals surface area (Å²) in [6, 6.07) is 5.08. The molecule has 0 saturated heterocycles. The maximum absolute atomic E-state index is 9.44. The lowest BCUT2D eigenvalue weighted by Gasteiger charge is -1.95. The third-order valence-electron chi connectivity index (χ3n) is 2.81. The molecule has 0 radical (unpaired) electrons. The molecule has 0 saturated carbocycles. The minimum atomic E-state index is 0.203. The van der Waals surface area contributed by atoms with Crippen molar-refractivity contribution in [2.24, 2.45) is 0 Å². The van der Waals surface area contributed by atoms with E-state index >= 15 is 0 Å². The molecule has 0 bridgehead atoms. The number of aromatic nitrogens is 5. The van der Waals surface area contributed by atoms with Crippen LogP contribution in [0.3, 0.4) is 0 Å². The Balaban J connectivity index is 2.32. The molecule has 0 amide bonds. The average molecular weight is 225 g/mol. The van der Waals surface area contributed by atoms with E-state index in [0.717, 1.165) is 22.2 Å². The number of phenols is 1. The number of rotatable bonds is 0. The van der Waals surface area contributed by atoms with Crippen LogP contribution in [-0.4, -0.2) is 29.4 Å². The number of aromatic amines is 1. The van der Waals surface area contributed by atoms with Crippen LogP contribution >= 0.6 is 0 Å². The SMILES string of the molecule is Oc1ccc2c(c1)nc1c3[nH]cnc3ncn21. The molecule has 2 N–H and O–H groups in total. The Kier molecular flexibility index (Phi) is 1.37. The Morgan fingerprint density at radius 2 is 2.18 bits per heavy atom. The van der Waals surface area contributed by atoms with Crippen LogP contribution in [-0.2, 0) is 0 Å². The van der Waals surface area contributed by atoms with Gasteiger partial charge in [0, 0.05) is 6.07 Å². The number of nitrogens with zero attached hydrogens (tertiary/aromatic N) is 4. The van der Waals surface area contributed by atoms with Crippen LogP contribution in [0.25, 0.3) is 27.8 Å². The second kappa shape index (κ2) is 2.73. The van der Waals surface area contributed by atoms with Crippen LogP contribution in [0.1, 0.15) is 0 Å². The molecule has 3 aromatic heterocycles. The first kappa shape index (κ1) is 8.51. The van der Waals surface area contributed by atoms with Crippen LogP contribution in [0.15, 0.2) is 30.9 Å². The lowest BCUT2D eigenvalue weighted by molar-refractivity contribution is 0.476. The Morgan fingerprint density at radius 1 is 1.24 bits per heavy atom. The largest absolute Gasteiger partial charge is 0.508 e. The molecule has 4 rings (SSSR count). The molecular weight excluding hydrogens is 218 g/mol. The zero-order chi connectivity index (χ0) is 11.4. The first-order chi connectivity index (χ1) is 8.33. The highest BCUT2D eigenvalue weighted by Gasteiger charge is 2.10. The van der Waals surface area contributed by atoms with E-state index in [-0.39, 0.29) is 5.75 Å². The van der Waals surface area contributed by atoms with Gasteiger partial charge in [0.2, 0.25) is 0 Å². The molecule has 1 aromatic carbocycles. The van der Waals surface area contributed by atoms with Crippen molar-refractivity contribution in [3.8, 4) is 5.75 Å². The van der Waals surface area contributed by atoms with Gasteiger partial charge in [-0.3, -0.25) is 4.40 Å². The molecule has 82 valence electrons. The van der Waals surface area contributed by atoms with Crippen molar-refractivity contribution >= 4 is 27.8 Å². The minimum absolute atomic E-state index is 0.203. The lowest BCUT2D eigenvalue weighted by Crippen LogP contribution is -1.88. The normalized spacial score (nSPS) is 11.8. The Labute approximate surface area is 94.6 Å². The minimum Gasteiger partial charge on any atom is -0.508 e. The summed E-state index contributed by atoms with van der Waals surface area (Å²) in [5.41, 5.74) is 3.82. The van der Waals surface area contributed by atoms with Crippen LogP contribution in [0.2, 0.25) is 0 Å². The summed E-state index contributed by atoms with van der Waals surface area (Å²) in [4.78, 5) is 15.8. The van der Waals surface area contributed by atoms with Gasteiger partial charge in [-0.2, -0.15) is 0 Å². The highest BCUT2D eigenvalue weighted by atomic mass is 16.3. The predicted molar refractivity (Wildman–Crippen MR) is 61.8 cm³/mol. The smallest absolute Gasteiger partial charge is 0.182 e. The summed E-state index contributed by atoms with van der Waals surface area (Å²) in [6.07, 6.45) is 3.28. The van der Waals surface area contributed by atoms with Gasteiger partial charge >= 0.3 is 0 Å². The van der Waals surface area contributed by atoms with Crippen molar-refractivity contribution in [2.75, 3.05) is 0 Å². The van der Waals surface area contributed by atoms with Gasteiger partial charge in [-0.05, 0) is 12.1 Å². The third kappa shape index (κ3) is 1.01. The maximum atomic E-state index is 9.44. The van der Waals surface area contributed by atoms with E-state index in [1.165, 1.54) is 0 Å². The van der Waals surface area contributed by atoms with Gasteiger partial charge < -0.3 is 10.1 Å². The Hall–Kier alpha value is -2.63. The number of hydrogen-bond acceptors (Lipinski definition) is 4. The lowest BCUT2D eigenvalue weighted by atomic mass is 10.3. The van der Waals surface area contributed by atoms with E-state index in [1.54, 1.807) is 24.8 Å². The number of imidazole rings is 2. The van der Waals surface area contributed by atoms with E-state index < -0.39 is 0 Å². The predicted octanol–water partition coefficient (Wildman–Crippen LogP) is 1.46. The monoisotopic (exact) mass is 225 g/mol. The van der Waals surface area contributed by atoms with Gasteiger partial charge in [-0.25, -0.2) is 15.0 Å². The van der Waals surface area contributed by atoms with Crippen LogP contribution in [0, 0.1) is 0 Å². The van der Waals surface area contributed by atoms with Crippen molar-refractivity contribution in [1.82, 2.24) is 24.3 Å². The molecule has 0 fully saturated rings. The van der Waals surface area contributed by atoms with Gasteiger partial charge in [-0.15, -0.1) is 0 Å². The number of nitrogens with one attached hydrogen (secondary N) is 1. The number of aromatic hydroxyl groups is 1. The average Bonchev–Trinajstić information content (AvgIpc) is 2.90. The number of H-pyrrole nitrogens is 1. The molecule has 3 heterocycles. The molecule has 0 atom stereocenters. The highest BCUT2D eigenvalue weighted by Crippen LogP contribution is 2.23. The zero-order valence-corrected chi connectivity index (χ0v) is 8.62. The topological polar surface area (TPSA) is 79.1 Å². The molecule has 0 aliphatic heterocycles. The maximum Gasteiger partial charge on any atom is 0.182 e. The summed E-state index contributed by atoms with van der Waals surface area (Å²) in [5.74, 6) is 0.203. The van der Waals surface area contributed by atoms with Gasteiger partial charge in [0.25, 0.3) is 0 Å². The number of hydrogen-bond donors (Lipinski definition) is 2. The first-order valence-electron chi connectivity index (χ1n) is 5.12. The van der Waals surface area contributed by atoms with Crippen molar-refractivity contribution in [1.29, 1.82) is 0 Å². The molecule has 0 unspecified atom stereocenters. The highest BCUT2D eigenvalue weighted by molar-refractivity contribution is 5.92. The first-order valence-corrected chi connectivity index (χ1v) is 5.12. The molecule has 0 aliphatic carbocycles. The fourth-order valence-corrected chi connectivity index (χ4v) is 2.04. The molecule has 0 aliphatic rings. The van der Waals surface area contributed by atoms with E-state index in [1.807, 2.05) is 10.5 Å². The number of fused-ring (bicyclic) bond motifs is 5. The van der Waals surface area contributed by atoms with Crippen molar-refractivity contribution in [3.05, 3.63) is 30.9 Å².